The van der Waals surface area contributed by atoms with Crippen molar-refractivity contribution in [2.24, 2.45) is 0 Å². The van der Waals surface area contributed by atoms with E-state index in [0.29, 0.717) is 0 Å². The van der Waals surface area contributed by atoms with Gasteiger partial charge in [-0.3, -0.25) is 0 Å². The minimum absolute atomic E-state index is 0.859. The fourth-order valence-corrected chi connectivity index (χ4v) is 1.50. The van der Waals surface area contributed by atoms with Crippen LogP contribution in [0, 0.1) is 0 Å². The highest BCUT2D eigenvalue weighted by Gasteiger charge is 2.09. The van der Waals surface area contributed by atoms with E-state index in [2.05, 4.69) is 13.2 Å². The van der Waals surface area contributed by atoms with Gasteiger partial charge in [-0.25, -0.2) is 0 Å². The zero-order valence-corrected chi connectivity index (χ0v) is 9.05. The van der Waals surface area contributed by atoms with Crippen LogP contribution in [0.2, 0.25) is 0 Å². The lowest BCUT2D eigenvalue weighted by atomic mass is 9.96. The SMILES string of the molecule is C=C(C)c1cccc(OC)c1C(=C)C. The van der Waals surface area contributed by atoms with Gasteiger partial charge in [-0.15, -0.1) is 0 Å². The van der Waals surface area contributed by atoms with Crippen molar-refractivity contribution in [2.75, 3.05) is 7.11 Å². The Morgan fingerprint density at radius 1 is 1.14 bits per heavy atom. The standard InChI is InChI=1S/C13H16O/c1-9(2)11-7-6-8-12(14-5)13(11)10(3)4/h6-8H,1,3H2,2,4-5H3. The van der Waals surface area contributed by atoms with E-state index in [4.69, 9.17) is 4.74 Å². The van der Waals surface area contributed by atoms with E-state index in [1.54, 1.807) is 7.11 Å². The van der Waals surface area contributed by atoms with E-state index in [-0.39, 0.29) is 0 Å². The molecule has 0 saturated carbocycles. The highest BCUT2D eigenvalue weighted by molar-refractivity contribution is 5.80. The molecule has 1 heteroatoms. The molecule has 0 saturated heterocycles. The molecular formula is C13H16O. The zero-order chi connectivity index (χ0) is 10.7. The fraction of sp³-hybridized carbons (Fsp3) is 0.231. The van der Waals surface area contributed by atoms with Crippen LogP contribution in [0.25, 0.3) is 11.1 Å². The Hall–Kier alpha value is -1.50. The van der Waals surface area contributed by atoms with Gasteiger partial charge in [0, 0.05) is 5.56 Å². The van der Waals surface area contributed by atoms with Gasteiger partial charge in [-0.2, -0.15) is 0 Å². The molecule has 0 unspecified atom stereocenters. The van der Waals surface area contributed by atoms with Gasteiger partial charge in [0.1, 0.15) is 5.75 Å². The van der Waals surface area contributed by atoms with E-state index in [1.807, 2.05) is 32.0 Å². The summed E-state index contributed by atoms with van der Waals surface area (Å²) in [6.45, 7) is 11.9. The van der Waals surface area contributed by atoms with Gasteiger partial charge in [-0.1, -0.05) is 30.9 Å². The van der Waals surface area contributed by atoms with Gasteiger partial charge in [0.2, 0.25) is 0 Å². The van der Waals surface area contributed by atoms with Crippen LogP contribution in [0.15, 0.2) is 31.4 Å². The van der Waals surface area contributed by atoms with Crippen molar-refractivity contribution in [3.05, 3.63) is 42.5 Å². The molecule has 0 aliphatic heterocycles. The molecule has 0 aliphatic rings. The summed E-state index contributed by atoms with van der Waals surface area (Å²) in [5.74, 6) is 0.859. The Labute approximate surface area is 85.7 Å². The fourth-order valence-electron chi connectivity index (χ4n) is 1.50. The van der Waals surface area contributed by atoms with Crippen molar-refractivity contribution in [1.29, 1.82) is 0 Å². The first kappa shape index (κ1) is 10.6. The Morgan fingerprint density at radius 2 is 1.79 bits per heavy atom. The van der Waals surface area contributed by atoms with Crippen LogP contribution in [0.3, 0.4) is 0 Å². The molecule has 0 atom stereocenters. The molecule has 0 N–H and O–H groups in total. The molecule has 0 amide bonds. The van der Waals surface area contributed by atoms with Crippen LogP contribution in [0.5, 0.6) is 5.75 Å². The first-order chi connectivity index (χ1) is 6.57. The van der Waals surface area contributed by atoms with E-state index in [1.165, 1.54) is 0 Å². The van der Waals surface area contributed by atoms with E-state index < -0.39 is 0 Å². The molecule has 0 aliphatic carbocycles. The lowest BCUT2D eigenvalue weighted by Gasteiger charge is -2.13. The van der Waals surface area contributed by atoms with E-state index in [9.17, 15) is 0 Å². The zero-order valence-electron chi connectivity index (χ0n) is 9.05. The van der Waals surface area contributed by atoms with Gasteiger partial charge >= 0.3 is 0 Å². The highest BCUT2D eigenvalue weighted by atomic mass is 16.5. The Balaban J connectivity index is 3.43. The predicted molar refractivity (Wildman–Crippen MR) is 62.4 cm³/mol. The number of rotatable bonds is 3. The van der Waals surface area contributed by atoms with Crippen molar-refractivity contribution in [1.82, 2.24) is 0 Å². The third-order valence-electron chi connectivity index (χ3n) is 2.13. The maximum atomic E-state index is 5.30. The molecule has 0 radical (unpaired) electrons. The van der Waals surface area contributed by atoms with Crippen LogP contribution >= 0.6 is 0 Å². The Kier molecular flexibility index (Phi) is 3.13. The lowest BCUT2D eigenvalue weighted by molar-refractivity contribution is 0.413. The topological polar surface area (TPSA) is 9.23 Å². The maximum Gasteiger partial charge on any atom is 0.126 e. The molecule has 0 fully saturated rings. The smallest absolute Gasteiger partial charge is 0.126 e. The Bertz CT molecular complexity index is 375. The van der Waals surface area contributed by atoms with Gasteiger partial charge in [0.15, 0.2) is 0 Å². The van der Waals surface area contributed by atoms with Gasteiger partial charge < -0.3 is 4.74 Å². The summed E-state index contributed by atoms with van der Waals surface area (Å²) in [5, 5.41) is 0. The third-order valence-corrected chi connectivity index (χ3v) is 2.13. The monoisotopic (exact) mass is 188 g/mol. The van der Waals surface area contributed by atoms with Crippen molar-refractivity contribution in [3.8, 4) is 5.75 Å². The molecule has 1 nitrogen and oxygen atoms in total. The number of hydrogen-bond acceptors (Lipinski definition) is 1. The maximum absolute atomic E-state index is 5.30. The number of ether oxygens (including phenoxy) is 1. The number of benzene rings is 1. The van der Waals surface area contributed by atoms with Crippen LogP contribution in [-0.2, 0) is 0 Å². The van der Waals surface area contributed by atoms with Crippen molar-refractivity contribution >= 4 is 11.1 Å². The second-order valence-electron chi connectivity index (χ2n) is 3.44. The van der Waals surface area contributed by atoms with Crippen LogP contribution < -0.4 is 4.74 Å². The number of allylic oxidation sites excluding steroid dienone is 2. The second-order valence-corrected chi connectivity index (χ2v) is 3.44. The molecule has 0 aromatic heterocycles. The molecule has 0 heterocycles. The van der Waals surface area contributed by atoms with Crippen molar-refractivity contribution < 1.29 is 4.74 Å². The average Bonchev–Trinajstić information content (AvgIpc) is 2.16. The normalized spacial score (nSPS) is 9.64. The summed E-state index contributed by atoms with van der Waals surface area (Å²) >= 11 is 0. The Morgan fingerprint density at radius 3 is 2.21 bits per heavy atom. The van der Waals surface area contributed by atoms with Gasteiger partial charge in [0.05, 0.1) is 7.11 Å². The largest absolute Gasteiger partial charge is 0.496 e. The molecule has 1 aromatic rings. The predicted octanol–water partition coefficient (Wildman–Crippen LogP) is 3.76. The molecular weight excluding hydrogens is 172 g/mol. The minimum atomic E-state index is 0.859. The van der Waals surface area contributed by atoms with Crippen molar-refractivity contribution in [2.45, 2.75) is 13.8 Å². The number of hydrogen-bond donors (Lipinski definition) is 0. The highest BCUT2D eigenvalue weighted by Crippen LogP contribution is 2.31. The summed E-state index contributed by atoms with van der Waals surface area (Å²) in [7, 11) is 1.67. The molecule has 1 aromatic carbocycles. The van der Waals surface area contributed by atoms with Crippen LogP contribution in [0.4, 0.5) is 0 Å². The summed E-state index contributed by atoms with van der Waals surface area (Å²) in [6, 6.07) is 5.95. The quantitative estimate of drug-likeness (QED) is 0.701. The minimum Gasteiger partial charge on any atom is -0.496 e. The van der Waals surface area contributed by atoms with Gasteiger partial charge in [0.25, 0.3) is 0 Å². The molecule has 0 spiro atoms. The first-order valence-electron chi connectivity index (χ1n) is 4.56. The van der Waals surface area contributed by atoms with Gasteiger partial charge in [-0.05, 0) is 31.1 Å². The summed E-state index contributed by atoms with van der Waals surface area (Å²) in [5.41, 5.74) is 4.20. The molecule has 14 heavy (non-hydrogen) atoms. The molecule has 1 rings (SSSR count). The van der Waals surface area contributed by atoms with Crippen LogP contribution in [0.1, 0.15) is 25.0 Å². The van der Waals surface area contributed by atoms with Crippen molar-refractivity contribution in [3.63, 3.8) is 0 Å². The lowest BCUT2D eigenvalue weighted by Crippen LogP contribution is -1.94. The summed E-state index contributed by atoms with van der Waals surface area (Å²) < 4.78 is 5.30. The van der Waals surface area contributed by atoms with Crippen LogP contribution in [-0.4, -0.2) is 7.11 Å². The average molecular weight is 188 g/mol. The summed E-state index contributed by atoms with van der Waals surface area (Å²) in [4.78, 5) is 0. The molecule has 0 bridgehead atoms. The number of methoxy groups -OCH3 is 1. The molecule has 74 valence electrons. The summed E-state index contributed by atoms with van der Waals surface area (Å²) in [6.07, 6.45) is 0. The second kappa shape index (κ2) is 4.14. The third kappa shape index (κ3) is 1.87. The first-order valence-corrected chi connectivity index (χ1v) is 4.56. The van der Waals surface area contributed by atoms with E-state index in [0.717, 1.165) is 28.0 Å². The van der Waals surface area contributed by atoms with E-state index >= 15 is 0 Å².